The standard InChI is InChI=1S/C25H21FN6O4S/c1-13-6-16(23-19(7-13)31-22(34-3)12-29-23)24-32-18-8-17(26)20(9-21(18)37-24)35-4-5-36-25(33)30-15-10-27-14(2)28-11-15/h6-12H,4-5H2,1-3H3,(H,30,33). The second-order valence-electron chi connectivity index (χ2n) is 7.99. The van der Waals surface area contributed by atoms with Gasteiger partial charge in [0.15, 0.2) is 11.6 Å². The highest BCUT2D eigenvalue weighted by Gasteiger charge is 2.16. The summed E-state index contributed by atoms with van der Waals surface area (Å²) in [4.78, 5) is 33.5. The van der Waals surface area contributed by atoms with Crippen LogP contribution >= 0.6 is 11.3 Å². The minimum absolute atomic E-state index is 0.0359. The van der Waals surface area contributed by atoms with Gasteiger partial charge in [-0.3, -0.25) is 5.32 Å². The van der Waals surface area contributed by atoms with Gasteiger partial charge in [0.1, 0.15) is 24.0 Å². The number of thiazole rings is 1. The molecule has 0 radical (unpaired) electrons. The number of methoxy groups -OCH3 is 1. The van der Waals surface area contributed by atoms with Crippen LogP contribution in [0.3, 0.4) is 0 Å². The van der Waals surface area contributed by atoms with Crippen LogP contribution in [0.25, 0.3) is 31.8 Å². The highest BCUT2D eigenvalue weighted by molar-refractivity contribution is 7.21. The van der Waals surface area contributed by atoms with Gasteiger partial charge in [-0.1, -0.05) is 0 Å². The van der Waals surface area contributed by atoms with Gasteiger partial charge in [0.2, 0.25) is 5.88 Å². The smallest absolute Gasteiger partial charge is 0.411 e. The summed E-state index contributed by atoms with van der Waals surface area (Å²) in [5, 5.41) is 3.19. The summed E-state index contributed by atoms with van der Waals surface area (Å²) in [6.45, 7) is 3.58. The van der Waals surface area contributed by atoms with Crippen molar-refractivity contribution >= 4 is 44.4 Å². The summed E-state index contributed by atoms with van der Waals surface area (Å²) in [6, 6.07) is 6.80. The van der Waals surface area contributed by atoms with E-state index >= 15 is 0 Å². The maximum absolute atomic E-state index is 14.7. The van der Waals surface area contributed by atoms with Crippen LogP contribution in [0.5, 0.6) is 11.6 Å². The molecule has 0 fully saturated rings. The SMILES string of the molecule is COc1cnc2c(-c3nc4cc(F)c(OCCOC(=O)Nc5cnc(C)nc5)cc4s3)cc(C)cc2n1. The van der Waals surface area contributed by atoms with Crippen molar-refractivity contribution in [1.82, 2.24) is 24.9 Å². The van der Waals surface area contributed by atoms with Gasteiger partial charge < -0.3 is 14.2 Å². The third-order valence-electron chi connectivity index (χ3n) is 5.25. The minimum Gasteiger partial charge on any atom is -0.487 e. The number of nitrogens with one attached hydrogen (secondary N) is 1. The van der Waals surface area contributed by atoms with Crippen LogP contribution in [0.4, 0.5) is 14.9 Å². The second kappa shape index (κ2) is 10.3. The fourth-order valence-electron chi connectivity index (χ4n) is 3.56. The predicted octanol–water partition coefficient (Wildman–Crippen LogP) is 5.09. The Labute approximate surface area is 214 Å². The molecule has 1 N–H and O–H groups in total. The summed E-state index contributed by atoms with van der Waals surface area (Å²) < 4.78 is 31.2. The van der Waals surface area contributed by atoms with Crippen molar-refractivity contribution in [2.45, 2.75) is 13.8 Å². The predicted molar refractivity (Wildman–Crippen MR) is 137 cm³/mol. The number of carbonyl (C=O) groups excluding carboxylic acids is 1. The molecule has 1 amide bonds. The van der Waals surface area contributed by atoms with Crippen molar-refractivity contribution in [3.8, 4) is 22.2 Å². The van der Waals surface area contributed by atoms with Gasteiger partial charge in [-0.2, -0.15) is 0 Å². The topological polar surface area (TPSA) is 121 Å². The van der Waals surface area contributed by atoms with E-state index in [1.807, 2.05) is 19.1 Å². The molecule has 3 aromatic heterocycles. The first-order valence-corrected chi connectivity index (χ1v) is 12.0. The molecule has 0 saturated carbocycles. The molecule has 0 atom stereocenters. The fourth-order valence-corrected chi connectivity index (χ4v) is 4.55. The Hall–Kier alpha value is -4.45. The molecule has 0 unspecified atom stereocenters. The van der Waals surface area contributed by atoms with E-state index in [9.17, 15) is 9.18 Å². The zero-order valence-electron chi connectivity index (χ0n) is 20.1. The van der Waals surface area contributed by atoms with Gasteiger partial charge in [-0.25, -0.2) is 34.1 Å². The second-order valence-corrected chi connectivity index (χ2v) is 9.02. The molecule has 0 bridgehead atoms. The van der Waals surface area contributed by atoms with Gasteiger partial charge in [0, 0.05) is 17.7 Å². The lowest BCUT2D eigenvalue weighted by atomic mass is 10.1. The van der Waals surface area contributed by atoms with E-state index in [1.165, 1.54) is 36.9 Å². The van der Waals surface area contributed by atoms with Gasteiger partial charge in [0.25, 0.3) is 0 Å². The lowest BCUT2D eigenvalue weighted by molar-refractivity contribution is 0.136. The number of carbonyl (C=O) groups is 1. The summed E-state index contributed by atoms with van der Waals surface area (Å²) in [5.41, 5.74) is 4.04. The average molecular weight is 521 g/mol. The van der Waals surface area contributed by atoms with E-state index in [0.29, 0.717) is 38.9 Å². The number of rotatable bonds is 7. The maximum atomic E-state index is 14.7. The molecule has 2 aromatic carbocycles. The number of hydrogen-bond donors (Lipinski definition) is 1. The Morgan fingerprint density at radius 2 is 1.81 bits per heavy atom. The summed E-state index contributed by atoms with van der Waals surface area (Å²) in [7, 11) is 1.54. The lowest BCUT2D eigenvalue weighted by Gasteiger charge is -2.09. The van der Waals surface area contributed by atoms with Gasteiger partial charge in [-0.05, 0) is 31.5 Å². The molecule has 12 heteroatoms. The quantitative estimate of drug-likeness (QED) is 0.293. The zero-order valence-corrected chi connectivity index (χ0v) is 20.9. The normalized spacial score (nSPS) is 11.0. The fraction of sp³-hybridized carbons (Fsp3) is 0.200. The first-order chi connectivity index (χ1) is 17.9. The summed E-state index contributed by atoms with van der Waals surface area (Å²) in [5.74, 6) is 0.477. The van der Waals surface area contributed by atoms with Crippen LogP contribution in [0.1, 0.15) is 11.4 Å². The van der Waals surface area contributed by atoms with E-state index in [-0.39, 0.29) is 19.0 Å². The maximum Gasteiger partial charge on any atom is 0.411 e. The van der Waals surface area contributed by atoms with Crippen LogP contribution in [0, 0.1) is 19.7 Å². The molecule has 5 aromatic rings. The largest absolute Gasteiger partial charge is 0.487 e. The van der Waals surface area contributed by atoms with Crippen molar-refractivity contribution in [3.63, 3.8) is 0 Å². The molecule has 188 valence electrons. The van der Waals surface area contributed by atoms with Gasteiger partial charge >= 0.3 is 6.09 Å². The van der Waals surface area contributed by atoms with Crippen molar-refractivity contribution < 1.29 is 23.4 Å². The molecule has 10 nitrogen and oxygen atoms in total. The average Bonchev–Trinajstić information content (AvgIpc) is 3.29. The number of aryl methyl sites for hydroxylation is 2. The third kappa shape index (κ3) is 5.38. The van der Waals surface area contributed by atoms with Crippen molar-refractivity contribution in [1.29, 1.82) is 0 Å². The number of ether oxygens (including phenoxy) is 3. The van der Waals surface area contributed by atoms with Gasteiger partial charge in [0.05, 0.1) is 52.6 Å². The van der Waals surface area contributed by atoms with E-state index < -0.39 is 11.9 Å². The number of halogens is 1. The third-order valence-corrected chi connectivity index (χ3v) is 6.30. The Kier molecular flexibility index (Phi) is 6.73. The number of benzene rings is 2. The Morgan fingerprint density at radius 3 is 2.59 bits per heavy atom. The molecular weight excluding hydrogens is 499 g/mol. The number of nitrogens with zero attached hydrogens (tertiary/aromatic N) is 5. The molecule has 37 heavy (non-hydrogen) atoms. The van der Waals surface area contributed by atoms with Crippen molar-refractivity contribution in [2.75, 3.05) is 25.6 Å². The Bertz CT molecular complexity index is 1610. The van der Waals surface area contributed by atoms with Crippen LogP contribution in [0.2, 0.25) is 0 Å². The number of fused-ring (bicyclic) bond motifs is 2. The molecule has 0 saturated heterocycles. The van der Waals surface area contributed by atoms with Gasteiger partial charge in [-0.15, -0.1) is 11.3 Å². The minimum atomic E-state index is -0.690. The molecule has 0 aliphatic rings. The molecule has 5 rings (SSSR count). The summed E-state index contributed by atoms with van der Waals surface area (Å²) in [6.07, 6.45) is 3.80. The lowest BCUT2D eigenvalue weighted by Crippen LogP contribution is -2.18. The highest BCUT2D eigenvalue weighted by atomic mass is 32.1. The van der Waals surface area contributed by atoms with E-state index in [1.54, 1.807) is 19.2 Å². The highest BCUT2D eigenvalue weighted by Crippen LogP contribution is 2.37. The number of aromatic nitrogens is 5. The van der Waals surface area contributed by atoms with E-state index in [0.717, 1.165) is 15.8 Å². The van der Waals surface area contributed by atoms with Crippen molar-refractivity contribution in [2.24, 2.45) is 0 Å². The molecule has 0 aliphatic heterocycles. The zero-order chi connectivity index (χ0) is 25.9. The number of hydrogen-bond acceptors (Lipinski definition) is 10. The van der Waals surface area contributed by atoms with E-state index in [4.69, 9.17) is 14.2 Å². The van der Waals surface area contributed by atoms with E-state index in [2.05, 4.69) is 30.2 Å². The molecule has 3 heterocycles. The first kappa shape index (κ1) is 24.3. The van der Waals surface area contributed by atoms with Crippen LogP contribution < -0.4 is 14.8 Å². The Balaban J connectivity index is 1.29. The van der Waals surface area contributed by atoms with Crippen LogP contribution in [0.15, 0.2) is 42.9 Å². The summed E-state index contributed by atoms with van der Waals surface area (Å²) >= 11 is 1.39. The van der Waals surface area contributed by atoms with Crippen LogP contribution in [-0.2, 0) is 4.74 Å². The number of anilines is 1. The first-order valence-electron chi connectivity index (χ1n) is 11.2. The molecule has 0 aliphatic carbocycles. The van der Waals surface area contributed by atoms with Crippen LogP contribution in [-0.4, -0.2) is 51.3 Å². The Morgan fingerprint density at radius 1 is 1.00 bits per heavy atom. The molecule has 0 spiro atoms. The monoisotopic (exact) mass is 520 g/mol. The number of amides is 1. The molecular formula is C25H21FN6O4S. The van der Waals surface area contributed by atoms with Crippen molar-refractivity contribution in [3.05, 3.63) is 60.1 Å².